The topological polar surface area (TPSA) is 35.2 Å². The molecule has 2 aromatic rings. The minimum atomic E-state index is -0.745. The average molecular weight is 291 g/mol. The molecule has 2 nitrogen and oxygen atoms in total. The Labute approximate surface area is 123 Å². The zero-order valence-electron chi connectivity index (χ0n) is 12.0. The van der Waals surface area contributed by atoms with Crippen LogP contribution in [0.25, 0.3) is 0 Å². The highest BCUT2D eigenvalue weighted by Gasteiger charge is 2.13. The second kappa shape index (κ2) is 7.18. The third-order valence-electron chi connectivity index (χ3n) is 3.26. The molecular formula is C17H19F2NO. The van der Waals surface area contributed by atoms with Crippen molar-refractivity contribution in [2.75, 3.05) is 0 Å². The number of hydrogen-bond donors (Lipinski definition) is 1. The van der Waals surface area contributed by atoms with Gasteiger partial charge in [0.1, 0.15) is 5.75 Å². The highest BCUT2D eigenvalue weighted by atomic mass is 19.1. The van der Waals surface area contributed by atoms with Crippen LogP contribution in [0.5, 0.6) is 11.5 Å². The van der Waals surface area contributed by atoms with Crippen molar-refractivity contribution in [3.05, 3.63) is 59.2 Å². The zero-order chi connectivity index (χ0) is 15.2. The number of rotatable bonds is 6. The van der Waals surface area contributed by atoms with Crippen LogP contribution < -0.4 is 10.5 Å². The molecule has 0 unspecified atom stereocenters. The normalized spacial score (nSPS) is 10.7. The van der Waals surface area contributed by atoms with Crippen LogP contribution in [-0.2, 0) is 13.0 Å². The largest absolute Gasteiger partial charge is 0.451 e. The van der Waals surface area contributed by atoms with Gasteiger partial charge in [0, 0.05) is 6.54 Å². The Morgan fingerprint density at radius 1 is 1.00 bits per heavy atom. The van der Waals surface area contributed by atoms with E-state index in [1.165, 1.54) is 17.7 Å². The quantitative estimate of drug-likeness (QED) is 0.847. The Morgan fingerprint density at radius 2 is 1.62 bits per heavy atom. The van der Waals surface area contributed by atoms with Crippen molar-refractivity contribution >= 4 is 0 Å². The summed E-state index contributed by atoms with van der Waals surface area (Å²) in [6.07, 6.45) is 3.23. The molecule has 112 valence electrons. The predicted octanol–water partition coefficient (Wildman–Crippen LogP) is 4.56. The molecule has 21 heavy (non-hydrogen) atoms. The third kappa shape index (κ3) is 4.02. The van der Waals surface area contributed by atoms with Gasteiger partial charge in [0.25, 0.3) is 0 Å². The first kappa shape index (κ1) is 15.4. The van der Waals surface area contributed by atoms with E-state index < -0.39 is 17.4 Å². The van der Waals surface area contributed by atoms with E-state index in [4.69, 9.17) is 10.5 Å². The highest BCUT2D eigenvalue weighted by molar-refractivity contribution is 5.37. The van der Waals surface area contributed by atoms with Gasteiger partial charge in [0.2, 0.25) is 0 Å². The van der Waals surface area contributed by atoms with E-state index in [9.17, 15) is 8.78 Å². The molecule has 0 bridgehead atoms. The van der Waals surface area contributed by atoms with Crippen molar-refractivity contribution in [2.24, 2.45) is 5.73 Å². The molecule has 0 aromatic heterocycles. The van der Waals surface area contributed by atoms with Crippen molar-refractivity contribution in [3.63, 3.8) is 0 Å². The fraction of sp³-hybridized carbons (Fsp3) is 0.294. The third-order valence-corrected chi connectivity index (χ3v) is 3.26. The van der Waals surface area contributed by atoms with Crippen LogP contribution in [0.3, 0.4) is 0 Å². The summed E-state index contributed by atoms with van der Waals surface area (Å²) in [6, 6.07) is 9.65. The first-order chi connectivity index (χ1) is 10.1. The van der Waals surface area contributed by atoms with Crippen molar-refractivity contribution in [1.29, 1.82) is 0 Å². The number of halogens is 2. The molecule has 0 saturated carbocycles. The molecule has 0 atom stereocenters. The molecule has 0 aliphatic carbocycles. The Kier molecular flexibility index (Phi) is 5.28. The van der Waals surface area contributed by atoms with Crippen LogP contribution in [0.15, 0.2) is 36.4 Å². The first-order valence-electron chi connectivity index (χ1n) is 7.08. The molecule has 0 aliphatic rings. The monoisotopic (exact) mass is 291 g/mol. The summed E-state index contributed by atoms with van der Waals surface area (Å²) in [5, 5.41) is 0. The maximum Gasteiger partial charge on any atom is 0.198 e. The minimum Gasteiger partial charge on any atom is -0.451 e. The van der Waals surface area contributed by atoms with E-state index in [1.807, 2.05) is 12.1 Å². The van der Waals surface area contributed by atoms with Crippen molar-refractivity contribution in [3.8, 4) is 11.5 Å². The van der Waals surface area contributed by atoms with Gasteiger partial charge in [0.15, 0.2) is 17.4 Å². The van der Waals surface area contributed by atoms with Crippen LogP contribution in [0, 0.1) is 11.6 Å². The molecule has 4 heteroatoms. The molecule has 0 amide bonds. The number of hydrogen-bond acceptors (Lipinski definition) is 2. The van der Waals surface area contributed by atoms with Gasteiger partial charge in [-0.15, -0.1) is 0 Å². The van der Waals surface area contributed by atoms with Gasteiger partial charge < -0.3 is 10.5 Å². The number of unbranched alkanes of at least 4 members (excludes halogenated alkanes) is 1. The summed E-state index contributed by atoms with van der Waals surface area (Å²) < 4.78 is 32.9. The molecule has 0 spiro atoms. The van der Waals surface area contributed by atoms with E-state index in [1.54, 1.807) is 12.1 Å². The lowest BCUT2D eigenvalue weighted by Crippen LogP contribution is -2.00. The minimum absolute atomic E-state index is 0.0836. The zero-order valence-corrected chi connectivity index (χ0v) is 12.0. The van der Waals surface area contributed by atoms with E-state index in [0.29, 0.717) is 11.3 Å². The maximum atomic E-state index is 13.8. The van der Waals surface area contributed by atoms with Gasteiger partial charge >= 0.3 is 0 Å². The first-order valence-corrected chi connectivity index (χ1v) is 7.08. The fourth-order valence-corrected chi connectivity index (χ4v) is 2.05. The number of ether oxygens (including phenoxy) is 1. The Hall–Kier alpha value is -1.94. The molecule has 2 rings (SSSR count). The van der Waals surface area contributed by atoms with Crippen LogP contribution in [0.4, 0.5) is 8.78 Å². The number of aryl methyl sites for hydroxylation is 1. The lowest BCUT2D eigenvalue weighted by Gasteiger charge is -2.10. The van der Waals surface area contributed by atoms with Crippen LogP contribution >= 0.6 is 0 Å². The molecule has 0 saturated heterocycles. The maximum absolute atomic E-state index is 13.8. The fourth-order valence-electron chi connectivity index (χ4n) is 2.05. The highest BCUT2D eigenvalue weighted by Crippen LogP contribution is 2.28. The van der Waals surface area contributed by atoms with E-state index in [2.05, 4.69) is 6.92 Å². The summed E-state index contributed by atoms with van der Waals surface area (Å²) in [7, 11) is 0. The SMILES string of the molecule is CCCCc1ccc(Oc2c(F)cc(CN)cc2F)cc1. The molecule has 0 radical (unpaired) electrons. The van der Waals surface area contributed by atoms with Crippen molar-refractivity contribution < 1.29 is 13.5 Å². The summed E-state index contributed by atoms with van der Waals surface area (Å²) in [5.74, 6) is -1.47. The van der Waals surface area contributed by atoms with E-state index >= 15 is 0 Å². The second-order valence-corrected chi connectivity index (χ2v) is 4.94. The van der Waals surface area contributed by atoms with Gasteiger partial charge in [-0.3, -0.25) is 0 Å². The van der Waals surface area contributed by atoms with Crippen molar-refractivity contribution in [2.45, 2.75) is 32.7 Å². The smallest absolute Gasteiger partial charge is 0.198 e. The molecule has 0 fully saturated rings. The van der Waals surface area contributed by atoms with Gasteiger partial charge in [-0.25, -0.2) is 8.78 Å². The molecule has 0 aliphatic heterocycles. The Bertz CT molecular complexity index is 573. The van der Waals surface area contributed by atoms with Gasteiger partial charge in [-0.1, -0.05) is 25.5 Å². The molecular weight excluding hydrogens is 272 g/mol. The van der Waals surface area contributed by atoms with Gasteiger partial charge in [0.05, 0.1) is 0 Å². The Balaban J connectivity index is 2.14. The van der Waals surface area contributed by atoms with Crippen molar-refractivity contribution in [1.82, 2.24) is 0 Å². The number of nitrogens with two attached hydrogens (primary N) is 1. The lowest BCUT2D eigenvalue weighted by molar-refractivity contribution is 0.406. The van der Waals surface area contributed by atoms with Crippen LogP contribution in [-0.4, -0.2) is 0 Å². The predicted molar refractivity (Wildman–Crippen MR) is 79.4 cm³/mol. The second-order valence-electron chi connectivity index (χ2n) is 4.94. The van der Waals surface area contributed by atoms with Gasteiger partial charge in [-0.2, -0.15) is 0 Å². The summed E-state index contributed by atoms with van der Waals surface area (Å²) in [6.45, 7) is 2.22. The van der Waals surface area contributed by atoms with Crippen LogP contribution in [0.1, 0.15) is 30.9 Å². The standard InChI is InChI=1S/C17H19F2NO/c1-2-3-4-12-5-7-14(8-6-12)21-17-15(18)9-13(11-20)10-16(17)19/h5-10H,2-4,11,20H2,1H3. The lowest BCUT2D eigenvalue weighted by atomic mass is 10.1. The average Bonchev–Trinajstić information content (AvgIpc) is 2.49. The van der Waals surface area contributed by atoms with Crippen LogP contribution in [0.2, 0.25) is 0 Å². The summed E-state index contributed by atoms with van der Waals surface area (Å²) in [4.78, 5) is 0. The number of benzene rings is 2. The summed E-state index contributed by atoms with van der Waals surface area (Å²) >= 11 is 0. The summed E-state index contributed by atoms with van der Waals surface area (Å²) in [5.41, 5.74) is 6.95. The van der Waals surface area contributed by atoms with E-state index in [0.717, 1.165) is 19.3 Å². The Morgan fingerprint density at radius 3 is 2.14 bits per heavy atom. The van der Waals surface area contributed by atoms with Gasteiger partial charge in [-0.05, 0) is 48.2 Å². The van der Waals surface area contributed by atoms with E-state index in [-0.39, 0.29) is 6.54 Å². The molecule has 0 heterocycles. The molecule has 2 aromatic carbocycles. The molecule has 2 N–H and O–H groups in total.